The van der Waals surface area contributed by atoms with Crippen LogP contribution in [0.3, 0.4) is 0 Å². The Kier molecular flexibility index (Phi) is 9.19. The van der Waals surface area contributed by atoms with Gasteiger partial charge in [-0.15, -0.1) is 0 Å². The van der Waals surface area contributed by atoms with Crippen molar-refractivity contribution in [3.05, 3.63) is 53.6 Å². The minimum absolute atomic E-state index is 0.0451. The van der Waals surface area contributed by atoms with Crippen LogP contribution >= 0.6 is 0 Å². The Hall–Kier alpha value is -2.40. The lowest BCUT2D eigenvalue weighted by atomic mass is 9.33. The molecular formula is C44H66N2O3. The maximum Gasteiger partial charge on any atom is 0.337 e. The predicted molar refractivity (Wildman–Crippen MR) is 201 cm³/mol. The van der Waals surface area contributed by atoms with E-state index in [1.807, 2.05) is 32.9 Å². The molecule has 5 aliphatic carbocycles. The zero-order valence-corrected chi connectivity index (χ0v) is 32.5. The fourth-order valence-corrected chi connectivity index (χ4v) is 13.2. The lowest BCUT2D eigenvalue weighted by molar-refractivity contribution is -0.219. The molecular weight excluding hydrogens is 604 g/mol. The summed E-state index contributed by atoms with van der Waals surface area (Å²) < 4.78 is 4.96. The molecule has 0 saturated heterocycles. The van der Waals surface area contributed by atoms with Crippen molar-refractivity contribution in [1.29, 1.82) is 0 Å². The number of hydrogen-bond acceptors (Lipinski definition) is 4. The van der Waals surface area contributed by atoms with E-state index in [-0.39, 0.29) is 39.1 Å². The summed E-state index contributed by atoms with van der Waals surface area (Å²) in [6.07, 6.45) is 13.8. The maximum atomic E-state index is 12.6. The third kappa shape index (κ3) is 5.58. The molecule has 1 aromatic rings. The van der Waals surface area contributed by atoms with E-state index in [1.165, 1.54) is 75.2 Å². The summed E-state index contributed by atoms with van der Waals surface area (Å²) in [5.41, 5.74) is 5.31. The first-order valence-corrected chi connectivity index (χ1v) is 19.4. The monoisotopic (exact) mass is 671 g/mol. The molecule has 5 aliphatic rings. The molecule has 49 heavy (non-hydrogen) atoms. The van der Waals surface area contributed by atoms with Gasteiger partial charge in [0.15, 0.2) is 0 Å². The van der Waals surface area contributed by atoms with Gasteiger partial charge in [-0.2, -0.15) is 0 Å². The van der Waals surface area contributed by atoms with Crippen molar-refractivity contribution in [2.75, 3.05) is 20.2 Å². The van der Waals surface area contributed by atoms with Crippen molar-refractivity contribution in [2.45, 2.75) is 126 Å². The SMILES string of the molecule is C=C(C)[C@@H]1CC[C@]2(NCCNC(=O)C(C)(C)C)CC[C@]3(C)[C@H](CC[C@@H]4[C@@]5(C)CC=C(c6ccc(C(=O)OC)cc6)C(C)(C)[C@@H]5CC[C@]43C)[C@@H]12. The van der Waals surface area contributed by atoms with Crippen molar-refractivity contribution < 1.29 is 14.3 Å². The molecule has 0 heterocycles. The first-order chi connectivity index (χ1) is 22.9. The number of carbonyl (C=O) groups is 2. The largest absolute Gasteiger partial charge is 0.465 e. The fourth-order valence-electron chi connectivity index (χ4n) is 13.2. The molecule has 6 rings (SSSR count). The standard InChI is InChI=1S/C44H66N2O3/c1-28(2)31-18-23-44(46-27-26-45-38(48)39(3,4)5)25-24-42(9)33(36(31)44)16-17-35-41(8)21-19-32(29-12-14-30(15-13-29)37(47)49-11)40(6,7)34(41)20-22-43(35,42)10/h12-15,19,31,33-36,46H,1,16-18,20-27H2,2-11H3,(H,45,48)/t31-,33+,34-,35+,36+,41-,42+,43+,44-/m0/s1. The van der Waals surface area contributed by atoms with Gasteiger partial charge in [-0.25, -0.2) is 4.79 Å². The molecule has 2 N–H and O–H groups in total. The lowest BCUT2D eigenvalue weighted by Gasteiger charge is -2.72. The molecule has 5 nitrogen and oxygen atoms in total. The highest BCUT2D eigenvalue weighted by molar-refractivity contribution is 5.90. The molecule has 0 aliphatic heterocycles. The van der Waals surface area contributed by atoms with Gasteiger partial charge in [0.1, 0.15) is 0 Å². The number of carbonyl (C=O) groups excluding carboxylic acids is 2. The highest BCUT2D eigenvalue weighted by atomic mass is 16.5. The van der Waals surface area contributed by atoms with E-state index in [2.05, 4.69) is 77.0 Å². The van der Waals surface area contributed by atoms with Crippen LogP contribution in [-0.2, 0) is 9.53 Å². The van der Waals surface area contributed by atoms with E-state index < -0.39 is 0 Å². The quantitative estimate of drug-likeness (QED) is 0.172. The van der Waals surface area contributed by atoms with Crippen molar-refractivity contribution in [3.63, 3.8) is 0 Å². The molecule has 9 atom stereocenters. The highest BCUT2D eigenvalue weighted by Crippen LogP contribution is 2.76. The van der Waals surface area contributed by atoms with E-state index in [0.29, 0.717) is 47.1 Å². The number of ether oxygens (including phenoxy) is 1. The Balaban J connectivity index is 1.27. The molecule has 4 saturated carbocycles. The van der Waals surface area contributed by atoms with Gasteiger partial charge < -0.3 is 15.4 Å². The number of allylic oxidation sites excluding steroid dienone is 3. The zero-order valence-electron chi connectivity index (χ0n) is 32.5. The third-order valence-electron chi connectivity index (χ3n) is 15.8. The molecule has 1 aromatic carbocycles. The molecule has 270 valence electrons. The van der Waals surface area contributed by atoms with E-state index in [9.17, 15) is 9.59 Å². The summed E-state index contributed by atoms with van der Waals surface area (Å²) in [6, 6.07) is 8.10. The second-order valence-corrected chi connectivity index (χ2v) is 19.4. The Bertz CT molecular complexity index is 1500. The van der Waals surface area contributed by atoms with Gasteiger partial charge >= 0.3 is 5.97 Å². The summed E-state index contributed by atoms with van der Waals surface area (Å²) in [4.78, 5) is 24.7. The van der Waals surface area contributed by atoms with Crippen LogP contribution in [0.1, 0.15) is 136 Å². The Morgan fingerprint density at radius 3 is 2.20 bits per heavy atom. The molecule has 4 fully saturated rings. The molecule has 0 radical (unpaired) electrons. The second kappa shape index (κ2) is 12.4. The first-order valence-electron chi connectivity index (χ1n) is 19.4. The smallest absolute Gasteiger partial charge is 0.337 e. The van der Waals surface area contributed by atoms with Crippen LogP contribution in [0, 0.1) is 56.7 Å². The number of hydrogen-bond donors (Lipinski definition) is 2. The summed E-state index contributed by atoms with van der Waals surface area (Å²) in [7, 11) is 1.44. The summed E-state index contributed by atoms with van der Waals surface area (Å²) in [5.74, 6) is 3.01. The second-order valence-electron chi connectivity index (χ2n) is 19.4. The first kappa shape index (κ1) is 36.4. The van der Waals surface area contributed by atoms with Crippen LogP contribution in [0.5, 0.6) is 0 Å². The molecule has 0 aromatic heterocycles. The van der Waals surface area contributed by atoms with Gasteiger partial charge in [0.05, 0.1) is 12.7 Å². The molecule has 5 heteroatoms. The van der Waals surface area contributed by atoms with Crippen molar-refractivity contribution in [2.24, 2.45) is 56.7 Å². The molecule has 0 unspecified atom stereocenters. The van der Waals surface area contributed by atoms with Crippen LogP contribution in [0.25, 0.3) is 5.57 Å². The minimum atomic E-state index is -0.363. The maximum absolute atomic E-state index is 12.6. The minimum Gasteiger partial charge on any atom is -0.465 e. The molecule has 0 spiro atoms. The van der Waals surface area contributed by atoms with E-state index in [0.717, 1.165) is 13.0 Å². The van der Waals surface area contributed by atoms with Gasteiger partial charge in [0.25, 0.3) is 0 Å². The zero-order chi connectivity index (χ0) is 35.8. The van der Waals surface area contributed by atoms with Crippen LogP contribution in [0.4, 0.5) is 0 Å². The number of methoxy groups -OCH3 is 1. The number of esters is 1. The van der Waals surface area contributed by atoms with E-state index in [1.54, 1.807) is 0 Å². The van der Waals surface area contributed by atoms with Gasteiger partial charge in [-0.1, -0.05) is 85.8 Å². The Labute approximate surface area is 297 Å². The summed E-state index contributed by atoms with van der Waals surface area (Å²) in [5, 5.41) is 7.33. The van der Waals surface area contributed by atoms with E-state index >= 15 is 0 Å². The normalized spacial score (nSPS) is 39.4. The highest BCUT2D eigenvalue weighted by Gasteiger charge is 2.70. The Morgan fingerprint density at radius 2 is 1.57 bits per heavy atom. The fraction of sp³-hybridized carbons (Fsp3) is 0.727. The van der Waals surface area contributed by atoms with Crippen LogP contribution in [0.15, 0.2) is 42.5 Å². The number of amides is 1. The van der Waals surface area contributed by atoms with Crippen LogP contribution in [-0.4, -0.2) is 37.6 Å². The third-order valence-corrected chi connectivity index (χ3v) is 15.8. The lowest BCUT2D eigenvalue weighted by Crippen LogP contribution is -2.68. The van der Waals surface area contributed by atoms with Crippen LogP contribution < -0.4 is 10.6 Å². The Morgan fingerprint density at radius 1 is 0.878 bits per heavy atom. The van der Waals surface area contributed by atoms with Crippen molar-refractivity contribution >= 4 is 17.4 Å². The average Bonchev–Trinajstić information content (AvgIpc) is 3.42. The van der Waals surface area contributed by atoms with Gasteiger partial charge in [-0.3, -0.25) is 4.79 Å². The predicted octanol–water partition coefficient (Wildman–Crippen LogP) is 9.63. The van der Waals surface area contributed by atoms with Crippen molar-refractivity contribution in [3.8, 4) is 0 Å². The summed E-state index contributed by atoms with van der Waals surface area (Å²) >= 11 is 0. The topological polar surface area (TPSA) is 67.4 Å². The number of rotatable bonds is 7. The van der Waals surface area contributed by atoms with Gasteiger partial charge in [0.2, 0.25) is 5.91 Å². The summed E-state index contributed by atoms with van der Waals surface area (Å²) in [6.45, 7) is 27.4. The van der Waals surface area contributed by atoms with E-state index in [4.69, 9.17) is 4.74 Å². The van der Waals surface area contributed by atoms with Gasteiger partial charge in [-0.05, 0) is 139 Å². The van der Waals surface area contributed by atoms with Gasteiger partial charge in [0, 0.05) is 24.0 Å². The van der Waals surface area contributed by atoms with Crippen LogP contribution in [0.2, 0.25) is 0 Å². The number of fused-ring (bicyclic) bond motifs is 7. The molecule has 0 bridgehead atoms. The number of nitrogens with one attached hydrogen (secondary N) is 2. The number of benzene rings is 1. The van der Waals surface area contributed by atoms with Crippen molar-refractivity contribution in [1.82, 2.24) is 10.6 Å². The molecule has 1 amide bonds. The average molecular weight is 671 g/mol.